The molecule has 0 aromatic rings. The molecule has 8 nitrogen and oxygen atoms in total. The van der Waals surface area contributed by atoms with Gasteiger partial charge in [-0.05, 0) is 6.08 Å². The molecular weight excluding hydrogens is 267 g/mol. The third kappa shape index (κ3) is 4.49. The largest absolute Gasteiger partial charge is 0.478 e. The number of rotatable bonds is 5. The van der Waals surface area contributed by atoms with E-state index in [4.69, 9.17) is 19.6 Å². The monoisotopic (exact) mass is 282 g/mol. The molecular formula is C9H15O8P. The van der Waals surface area contributed by atoms with Gasteiger partial charge < -0.3 is 29.8 Å². The molecule has 0 saturated heterocycles. The number of carboxylic acid groups (broad SMARTS) is 1. The number of aliphatic hydroxyl groups excluding tert-OH is 2. The first kappa shape index (κ1) is 15.3. The Balaban J connectivity index is 2.64. The van der Waals surface area contributed by atoms with Crippen LogP contribution in [-0.4, -0.2) is 62.2 Å². The van der Waals surface area contributed by atoms with Crippen LogP contribution >= 0.6 is 7.60 Å². The van der Waals surface area contributed by atoms with E-state index in [9.17, 15) is 19.6 Å². The van der Waals surface area contributed by atoms with E-state index in [2.05, 4.69) is 0 Å². The molecule has 1 rings (SSSR count). The van der Waals surface area contributed by atoms with Crippen molar-refractivity contribution in [2.24, 2.45) is 0 Å². The molecule has 104 valence electrons. The topological polar surface area (TPSA) is 145 Å². The van der Waals surface area contributed by atoms with Crippen LogP contribution in [0.3, 0.4) is 0 Å². The summed E-state index contributed by atoms with van der Waals surface area (Å²) >= 11 is 0. The van der Waals surface area contributed by atoms with Gasteiger partial charge in [0.1, 0.15) is 12.2 Å². The third-order valence-electron chi connectivity index (χ3n) is 2.49. The Morgan fingerprint density at radius 3 is 2.56 bits per heavy atom. The number of aliphatic carboxylic acids is 1. The lowest BCUT2D eigenvalue weighted by Gasteiger charge is -2.29. The molecule has 1 aliphatic carbocycles. The van der Waals surface area contributed by atoms with Gasteiger partial charge in [0.25, 0.3) is 0 Å². The Morgan fingerprint density at radius 2 is 2.06 bits per heavy atom. The molecule has 9 heteroatoms. The van der Waals surface area contributed by atoms with Crippen LogP contribution in [0.4, 0.5) is 0 Å². The van der Waals surface area contributed by atoms with Crippen molar-refractivity contribution in [1.82, 2.24) is 0 Å². The van der Waals surface area contributed by atoms with E-state index in [1.54, 1.807) is 0 Å². The van der Waals surface area contributed by atoms with Crippen molar-refractivity contribution in [3.63, 3.8) is 0 Å². The van der Waals surface area contributed by atoms with Gasteiger partial charge in [0.2, 0.25) is 0 Å². The number of ether oxygens (including phenoxy) is 1. The normalized spacial score (nSPS) is 28.9. The molecule has 18 heavy (non-hydrogen) atoms. The van der Waals surface area contributed by atoms with Crippen LogP contribution in [0.5, 0.6) is 0 Å². The Labute approximate surface area is 103 Å². The second-order valence-electron chi connectivity index (χ2n) is 3.98. The number of carbonyl (C=O) groups is 1. The maximum atomic E-state index is 10.7. The van der Waals surface area contributed by atoms with Crippen LogP contribution in [0.25, 0.3) is 0 Å². The zero-order valence-electron chi connectivity index (χ0n) is 9.34. The maximum Gasteiger partial charge on any atom is 0.331 e. The van der Waals surface area contributed by atoms with E-state index in [0.29, 0.717) is 0 Å². The van der Waals surface area contributed by atoms with E-state index < -0.39 is 38.0 Å². The van der Waals surface area contributed by atoms with Crippen molar-refractivity contribution in [2.45, 2.75) is 24.7 Å². The van der Waals surface area contributed by atoms with Crippen LogP contribution in [0, 0.1) is 0 Å². The molecule has 0 saturated carbocycles. The fourth-order valence-electron chi connectivity index (χ4n) is 1.54. The molecule has 0 aromatic carbocycles. The lowest BCUT2D eigenvalue weighted by atomic mass is 9.92. The average molecular weight is 282 g/mol. The van der Waals surface area contributed by atoms with Gasteiger partial charge in [0, 0.05) is 12.0 Å². The summed E-state index contributed by atoms with van der Waals surface area (Å²) in [6.07, 6.45) is -3.28. The summed E-state index contributed by atoms with van der Waals surface area (Å²) < 4.78 is 15.6. The second-order valence-corrected chi connectivity index (χ2v) is 5.76. The van der Waals surface area contributed by atoms with Gasteiger partial charge in [0.05, 0.1) is 18.9 Å². The lowest BCUT2D eigenvalue weighted by molar-refractivity contribution is -0.134. The van der Waals surface area contributed by atoms with Gasteiger partial charge in [-0.25, -0.2) is 4.79 Å². The molecule has 5 N–H and O–H groups in total. The van der Waals surface area contributed by atoms with Crippen molar-refractivity contribution in [3.05, 3.63) is 11.6 Å². The highest BCUT2D eigenvalue weighted by Gasteiger charge is 2.33. The van der Waals surface area contributed by atoms with Gasteiger partial charge in [-0.2, -0.15) is 0 Å². The minimum absolute atomic E-state index is 0.103. The van der Waals surface area contributed by atoms with Crippen LogP contribution in [-0.2, 0) is 14.1 Å². The summed E-state index contributed by atoms with van der Waals surface area (Å²) in [5.41, 5.74) is -0.103. The fourth-order valence-corrected chi connectivity index (χ4v) is 1.89. The minimum atomic E-state index is -4.21. The van der Waals surface area contributed by atoms with Gasteiger partial charge in [0.15, 0.2) is 0 Å². The summed E-state index contributed by atoms with van der Waals surface area (Å²) in [5.74, 6) is -1.23. The van der Waals surface area contributed by atoms with Crippen molar-refractivity contribution in [1.29, 1.82) is 0 Å². The molecule has 0 spiro atoms. The third-order valence-corrected chi connectivity index (χ3v) is 3.26. The summed E-state index contributed by atoms with van der Waals surface area (Å²) in [5, 5.41) is 27.8. The quantitative estimate of drug-likeness (QED) is 0.391. The average Bonchev–Trinajstić information content (AvgIpc) is 2.21. The van der Waals surface area contributed by atoms with Crippen LogP contribution in [0.2, 0.25) is 0 Å². The SMILES string of the molecule is O=C(O)C1=C[C@H](OCCP(=O)(O)O)[C@H](O)[C@H](O)C1. The van der Waals surface area contributed by atoms with Crippen molar-refractivity contribution < 1.29 is 39.2 Å². The Bertz CT molecular complexity index is 386. The first-order valence-electron chi connectivity index (χ1n) is 5.17. The van der Waals surface area contributed by atoms with Gasteiger partial charge in [-0.1, -0.05) is 0 Å². The van der Waals surface area contributed by atoms with Crippen LogP contribution < -0.4 is 0 Å². The second kappa shape index (κ2) is 5.92. The molecule has 0 amide bonds. The van der Waals surface area contributed by atoms with Crippen molar-refractivity contribution in [2.75, 3.05) is 12.8 Å². The summed E-state index contributed by atoms with van der Waals surface area (Å²) in [6.45, 7) is -0.345. The highest BCUT2D eigenvalue weighted by molar-refractivity contribution is 7.51. The molecule has 3 atom stereocenters. The van der Waals surface area contributed by atoms with E-state index in [1.807, 2.05) is 0 Å². The highest BCUT2D eigenvalue weighted by Crippen LogP contribution is 2.33. The van der Waals surface area contributed by atoms with Gasteiger partial charge in [-0.3, -0.25) is 4.57 Å². The summed E-state index contributed by atoms with van der Waals surface area (Å²) in [4.78, 5) is 28.0. The minimum Gasteiger partial charge on any atom is -0.478 e. The Morgan fingerprint density at radius 1 is 1.44 bits per heavy atom. The molecule has 0 radical (unpaired) electrons. The van der Waals surface area contributed by atoms with Crippen LogP contribution in [0.15, 0.2) is 11.6 Å². The Kier molecular flexibility index (Phi) is 5.03. The Hall–Kier alpha value is -0.760. The molecule has 0 heterocycles. The summed E-state index contributed by atoms with van der Waals surface area (Å²) in [6, 6.07) is 0. The first-order chi connectivity index (χ1) is 8.20. The summed E-state index contributed by atoms with van der Waals surface area (Å²) in [7, 11) is -4.21. The zero-order valence-corrected chi connectivity index (χ0v) is 10.2. The molecule has 0 aromatic heterocycles. The highest BCUT2D eigenvalue weighted by atomic mass is 31.2. The molecule has 1 aliphatic rings. The van der Waals surface area contributed by atoms with Crippen molar-refractivity contribution in [3.8, 4) is 0 Å². The van der Waals surface area contributed by atoms with E-state index in [1.165, 1.54) is 0 Å². The number of aliphatic hydroxyl groups is 2. The standard InChI is InChI=1S/C9H15O8P/c10-6-3-5(9(12)13)4-7(8(6)11)17-1-2-18(14,15)16/h4,6-8,10-11H,1-3H2,(H,12,13)(H2,14,15,16)/t6-,7+,8-/m1/s1. The van der Waals surface area contributed by atoms with E-state index in [0.717, 1.165) is 6.08 Å². The predicted octanol–water partition coefficient (Wildman–Crippen LogP) is -1.31. The fraction of sp³-hybridized carbons (Fsp3) is 0.667. The van der Waals surface area contributed by atoms with Crippen molar-refractivity contribution >= 4 is 13.6 Å². The number of hydrogen-bond acceptors (Lipinski definition) is 5. The van der Waals surface area contributed by atoms with Crippen LogP contribution in [0.1, 0.15) is 6.42 Å². The molecule has 0 bridgehead atoms. The molecule has 0 aliphatic heterocycles. The molecule has 0 fully saturated rings. The smallest absolute Gasteiger partial charge is 0.331 e. The van der Waals surface area contributed by atoms with Gasteiger partial charge in [-0.15, -0.1) is 0 Å². The van der Waals surface area contributed by atoms with Gasteiger partial charge >= 0.3 is 13.6 Å². The number of hydrogen-bond donors (Lipinski definition) is 5. The predicted molar refractivity (Wildman–Crippen MR) is 59.0 cm³/mol. The first-order valence-corrected chi connectivity index (χ1v) is 6.97. The van der Waals surface area contributed by atoms with E-state index >= 15 is 0 Å². The maximum absolute atomic E-state index is 10.7. The lowest BCUT2D eigenvalue weighted by Crippen LogP contribution is -2.42. The molecule has 0 unspecified atom stereocenters. The zero-order chi connectivity index (χ0) is 13.9. The van der Waals surface area contributed by atoms with E-state index in [-0.39, 0.29) is 18.6 Å². The number of carboxylic acids is 1.